The first-order valence-electron chi connectivity index (χ1n) is 11.0. The summed E-state index contributed by atoms with van der Waals surface area (Å²) in [6, 6.07) is 15.9. The van der Waals surface area contributed by atoms with Gasteiger partial charge in [-0.2, -0.15) is 0 Å². The number of rotatable bonds is 8. The smallest absolute Gasteiger partial charge is 0.272 e. The van der Waals surface area contributed by atoms with Crippen LogP contribution >= 0.6 is 0 Å². The molecule has 1 saturated heterocycles. The van der Waals surface area contributed by atoms with E-state index in [1.54, 1.807) is 37.3 Å². The number of anilines is 1. The SMILES string of the molecule is Cc1cc(OCc2ccc(/C=C/C(=O)c3ccc(N4CCCCC4)cc3)o2)ccc1[N+](=O)[O-]. The average molecular weight is 447 g/mol. The molecule has 0 aliphatic carbocycles. The van der Waals surface area contributed by atoms with Crippen molar-refractivity contribution in [3.63, 3.8) is 0 Å². The molecular weight excluding hydrogens is 420 g/mol. The van der Waals surface area contributed by atoms with E-state index >= 15 is 0 Å². The predicted octanol–water partition coefficient (Wildman–Crippen LogP) is 5.96. The maximum absolute atomic E-state index is 12.5. The molecule has 0 N–H and O–H groups in total. The van der Waals surface area contributed by atoms with E-state index in [0.717, 1.165) is 18.8 Å². The van der Waals surface area contributed by atoms with Gasteiger partial charge in [0.25, 0.3) is 5.69 Å². The quantitative estimate of drug-likeness (QED) is 0.184. The Morgan fingerprint density at radius 3 is 2.55 bits per heavy atom. The highest BCUT2D eigenvalue weighted by atomic mass is 16.6. The topological polar surface area (TPSA) is 85.8 Å². The molecule has 1 fully saturated rings. The Kier molecular flexibility index (Phi) is 6.88. The number of benzene rings is 2. The van der Waals surface area contributed by atoms with E-state index in [2.05, 4.69) is 4.90 Å². The zero-order chi connectivity index (χ0) is 23.2. The van der Waals surface area contributed by atoms with Crippen LogP contribution in [-0.2, 0) is 6.61 Å². The molecule has 7 heteroatoms. The Balaban J connectivity index is 1.32. The lowest BCUT2D eigenvalue weighted by Crippen LogP contribution is -2.29. The summed E-state index contributed by atoms with van der Waals surface area (Å²) in [6.07, 6.45) is 6.86. The number of aryl methyl sites for hydroxylation is 1. The molecule has 0 spiro atoms. The Bertz CT molecular complexity index is 1160. The molecule has 0 atom stereocenters. The van der Waals surface area contributed by atoms with Gasteiger partial charge in [0.15, 0.2) is 5.78 Å². The van der Waals surface area contributed by atoms with Crippen molar-refractivity contribution in [3.8, 4) is 5.75 Å². The maximum atomic E-state index is 12.5. The van der Waals surface area contributed by atoms with Gasteiger partial charge in [-0.1, -0.05) is 0 Å². The number of hydrogen-bond donors (Lipinski definition) is 0. The Labute approximate surface area is 192 Å². The van der Waals surface area contributed by atoms with Crippen LogP contribution in [0.5, 0.6) is 5.75 Å². The van der Waals surface area contributed by atoms with Crippen LogP contribution in [0, 0.1) is 17.0 Å². The summed E-state index contributed by atoms with van der Waals surface area (Å²) >= 11 is 0. The lowest BCUT2D eigenvalue weighted by molar-refractivity contribution is -0.385. The van der Waals surface area contributed by atoms with Crippen molar-refractivity contribution in [2.75, 3.05) is 18.0 Å². The summed E-state index contributed by atoms with van der Waals surface area (Å²) in [5, 5.41) is 10.9. The van der Waals surface area contributed by atoms with Crippen molar-refractivity contribution in [1.29, 1.82) is 0 Å². The maximum Gasteiger partial charge on any atom is 0.272 e. The normalized spacial score (nSPS) is 13.9. The summed E-state index contributed by atoms with van der Waals surface area (Å²) in [5.41, 5.74) is 2.38. The number of nitro benzene ring substituents is 1. The van der Waals surface area contributed by atoms with Crippen molar-refractivity contribution in [1.82, 2.24) is 0 Å². The summed E-state index contributed by atoms with van der Waals surface area (Å²) < 4.78 is 11.4. The van der Waals surface area contributed by atoms with E-state index in [4.69, 9.17) is 9.15 Å². The molecule has 4 rings (SSSR count). The van der Waals surface area contributed by atoms with E-state index in [1.807, 2.05) is 24.3 Å². The molecule has 1 aliphatic heterocycles. The molecule has 2 heterocycles. The minimum Gasteiger partial charge on any atom is -0.486 e. The minimum atomic E-state index is -0.422. The fourth-order valence-electron chi connectivity index (χ4n) is 3.88. The van der Waals surface area contributed by atoms with Gasteiger partial charge in [0.2, 0.25) is 0 Å². The van der Waals surface area contributed by atoms with E-state index in [1.165, 1.54) is 31.4 Å². The summed E-state index contributed by atoms with van der Waals surface area (Å²) in [4.78, 5) is 25.4. The molecule has 2 aromatic carbocycles. The number of ketones is 1. The first-order valence-corrected chi connectivity index (χ1v) is 11.0. The van der Waals surface area contributed by atoms with Crippen LogP contribution in [0.2, 0.25) is 0 Å². The van der Waals surface area contributed by atoms with Gasteiger partial charge in [0.05, 0.1) is 4.92 Å². The van der Waals surface area contributed by atoms with E-state index in [-0.39, 0.29) is 18.1 Å². The van der Waals surface area contributed by atoms with E-state index < -0.39 is 4.92 Å². The molecule has 33 heavy (non-hydrogen) atoms. The van der Waals surface area contributed by atoms with Crippen LogP contribution in [-0.4, -0.2) is 23.8 Å². The van der Waals surface area contributed by atoms with Gasteiger partial charge in [-0.25, -0.2) is 0 Å². The van der Waals surface area contributed by atoms with Crippen LogP contribution in [0.3, 0.4) is 0 Å². The molecule has 1 aliphatic rings. The Morgan fingerprint density at radius 2 is 1.85 bits per heavy atom. The molecule has 170 valence electrons. The number of piperidine rings is 1. The van der Waals surface area contributed by atoms with Gasteiger partial charge in [0.1, 0.15) is 23.9 Å². The fourth-order valence-corrected chi connectivity index (χ4v) is 3.88. The lowest BCUT2D eigenvalue weighted by Gasteiger charge is -2.28. The predicted molar refractivity (Wildman–Crippen MR) is 127 cm³/mol. The number of ether oxygens (including phenoxy) is 1. The highest BCUT2D eigenvalue weighted by Crippen LogP contribution is 2.24. The fraction of sp³-hybridized carbons (Fsp3) is 0.269. The molecule has 0 amide bonds. The number of nitrogens with zero attached hydrogens (tertiary/aromatic N) is 2. The lowest BCUT2D eigenvalue weighted by atomic mass is 10.1. The summed E-state index contributed by atoms with van der Waals surface area (Å²) in [5.74, 6) is 1.57. The zero-order valence-corrected chi connectivity index (χ0v) is 18.5. The van der Waals surface area contributed by atoms with Gasteiger partial charge < -0.3 is 14.1 Å². The van der Waals surface area contributed by atoms with Gasteiger partial charge in [-0.15, -0.1) is 0 Å². The molecule has 7 nitrogen and oxygen atoms in total. The number of nitro groups is 1. The number of carbonyl (C=O) groups excluding carboxylic acids is 1. The minimum absolute atomic E-state index is 0.0542. The summed E-state index contributed by atoms with van der Waals surface area (Å²) in [6.45, 7) is 3.99. The second-order valence-electron chi connectivity index (χ2n) is 8.09. The van der Waals surface area contributed by atoms with Gasteiger partial charge in [-0.3, -0.25) is 14.9 Å². The largest absolute Gasteiger partial charge is 0.486 e. The third-order valence-electron chi connectivity index (χ3n) is 5.70. The van der Waals surface area contributed by atoms with Crippen molar-refractivity contribution in [3.05, 3.63) is 93.4 Å². The molecule has 1 aromatic heterocycles. The first-order chi connectivity index (χ1) is 16.0. The highest BCUT2D eigenvalue weighted by molar-refractivity contribution is 6.06. The molecular formula is C26H26N2O5. The number of carbonyl (C=O) groups is 1. The highest BCUT2D eigenvalue weighted by Gasteiger charge is 2.12. The van der Waals surface area contributed by atoms with Crippen LogP contribution in [0.15, 0.2) is 65.1 Å². The monoisotopic (exact) mass is 446 g/mol. The zero-order valence-electron chi connectivity index (χ0n) is 18.5. The molecule has 0 radical (unpaired) electrons. The van der Waals surface area contributed by atoms with Gasteiger partial charge in [0, 0.05) is 36.0 Å². The van der Waals surface area contributed by atoms with Crippen LogP contribution < -0.4 is 9.64 Å². The number of allylic oxidation sites excluding steroid dienone is 1. The van der Waals surface area contributed by atoms with Crippen LogP contribution in [0.25, 0.3) is 6.08 Å². The van der Waals surface area contributed by atoms with Crippen molar-refractivity contribution >= 4 is 23.2 Å². The van der Waals surface area contributed by atoms with Crippen molar-refractivity contribution < 1.29 is 18.9 Å². The summed E-state index contributed by atoms with van der Waals surface area (Å²) in [7, 11) is 0. The average Bonchev–Trinajstić information content (AvgIpc) is 3.29. The Hall–Kier alpha value is -3.87. The van der Waals surface area contributed by atoms with E-state index in [9.17, 15) is 14.9 Å². The van der Waals surface area contributed by atoms with Gasteiger partial charge >= 0.3 is 0 Å². The van der Waals surface area contributed by atoms with Crippen molar-refractivity contribution in [2.45, 2.75) is 32.8 Å². The number of furan rings is 1. The third kappa shape index (κ3) is 5.68. The second kappa shape index (κ2) is 10.2. The second-order valence-corrected chi connectivity index (χ2v) is 8.09. The van der Waals surface area contributed by atoms with Crippen LogP contribution in [0.1, 0.15) is 46.7 Å². The van der Waals surface area contributed by atoms with Crippen molar-refractivity contribution in [2.24, 2.45) is 0 Å². The first kappa shape index (κ1) is 22.3. The molecule has 3 aromatic rings. The van der Waals surface area contributed by atoms with Crippen LogP contribution in [0.4, 0.5) is 11.4 Å². The molecule has 0 bridgehead atoms. The standard InChI is InChI=1S/C26H26N2O5/c1-19-17-23(11-13-25(19)28(30)31)32-18-24-10-9-22(33-24)12-14-26(29)20-5-7-21(8-6-20)27-15-3-2-4-16-27/h5-14,17H,2-4,15-16,18H2,1H3/b14-12+. The molecule has 0 saturated carbocycles. The Morgan fingerprint density at radius 1 is 1.09 bits per heavy atom. The van der Waals surface area contributed by atoms with E-state index in [0.29, 0.717) is 28.4 Å². The number of hydrogen-bond acceptors (Lipinski definition) is 6. The van der Waals surface area contributed by atoms with Gasteiger partial charge in [-0.05, 0) is 86.9 Å². The third-order valence-corrected chi connectivity index (χ3v) is 5.70. The molecule has 0 unspecified atom stereocenters.